The van der Waals surface area contributed by atoms with Gasteiger partial charge in [-0.15, -0.1) is 0 Å². The normalized spacial score (nSPS) is 11.2. The van der Waals surface area contributed by atoms with Gasteiger partial charge in [-0.05, 0) is 12.1 Å². The Morgan fingerprint density at radius 1 is 1.35 bits per heavy atom. The second-order valence-electron chi connectivity index (χ2n) is 3.40. The van der Waals surface area contributed by atoms with Gasteiger partial charge >= 0.3 is 0 Å². The summed E-state index contributed by atoms with van der Waals surface area (Å²) < 4.78 is 24.1. The zero-order chi connectivity index (χ0) is 13.1. The number of nitro groups is 1. The molecule has 8 heteroatoms. The molecule has 0 aliphatic heterocycles. The summed E-state index contributed by atoms with van der Waals surface area (Å²) in [4.78, 5) is 9.91. The maximum Gasteiger partial charge on any atom is 0.269 e. The summed E-state index contributed by atoms with van der Waals surface area (Å²) in [6, 6.07) is 5.28. The Hall–Kier alpha value is -1.67. The maximum absolute atomic E-state index is 11.5. The van der Waals surface area contributed by atoms with Crippen molar-refractivity contribution in [1.29, 1.82) is 0 Å². The molecule has 17 heavy (non-hydrogen) atoms. The Kier molecular flexibility index (Phi) is 4.02. The highest BCUT2D eigenvalue weighted by molar-refractivity contribution is 7.92. The van der Waals surface area contributed by atoms with E-state index in [0.717, 1.165) is 10.6 Å². The lowest BCUT2D eigenvalue weighted by atomic mass is 10.3. The number of nitrogens with zero attached hydrogens (tertiary/aromatic N) is 2. The number of nitro benzene ring substituents is 1. The van der Waals surface area contributed by atoms with Crippen molar-refractivity contribution in [3.05, 3.63) is 34.4 Å². The Morgan fingerprint density at radius 3 is 2.24 bits per heavy atom. The maximum atomic E-state index is 11.5. The molecule has 0 aliphatic rings. The number of rotatable bonds is 5. The van der Waals surface area contributed by atoms with Gasteiger partial charge in [0.2, 0.25) is 10.0 Å². The van der Waals surface area contributed by atoms with Crippen LogP contribution >= 0.6 is 0 Å². The van der Waals surface area contributed by atoms with Crippen LogP contribution in [0.15, 0.2) is 24.3 Å². The number of nitrogens with two attached hydrogens (primary N) is 1. The number of benzene rings is 1. The van der Waals surface area contributed by atoms with Crippen molar-refractivity contribution in [2.75, 3.05) is 23.7 Å². The van der Waals surface area contributed by atoms with Crippen LogP contribution in [0.3, 0.4) is 0 Å². The van der Waals surface area contributed by atoms with Gasteiger partial charge in [-0.1, -0.05) is 0 Å². The van der Waals surface area contributed by atoms with E-state index < -0.39 is 14.9 Å². The minimum atomic E-state index is -3.43. The first kappa shape index (κ1) is 13.4. The van der Waals surface area contributed by atoms with Crippen LogP contribution in [0, 0.1) is 10.1 Å². The van der Waals surface area contributed by atoms with E-state index >= 15 is 0 Å². The fourth-order valence-electron chi connectivity index (χ4n) is 1.34. The first-order chi connectivity index (χ1) is 7.86. The smallest absolute Gasteiger partial charge is 0.269 e. The summed E-state index contributed by atoms with van der Waals surface area (Å²) in [6.45, 7) is 0.306. The van der Waals surface area contributed by atoms with Crippen LogP contribution in [0.4, 0.5) is 11.4 Å². The fraction of sp³-hybridized carbons (Fsp3) is 0.333. The molecule has 0 saturated heterocycles. The van der Waals surface area contributed by atoms with Gasteiger partial charge in [0.05, 0.1) is 16.9 Å². The summed E-state index contributed by atoms with van der Waals surface area (Å²) in [6.07, 6.45) is 1.06. The Morgan fingerprint density at radius 2 is 1.88 bits per heavy atom. The molecule has 0 amide bonds. The van der Waals surface area contributed by atoms with Crippen LogP contribution in [0.25, 0.3) is 0 Å². The molecular weight excluding hydrogens is 246 g/mol. The molecular formula is C9H13N3O4S. The minimum Gasteiger partial charge on any atom is -0.329 e. The lowest BCUT2D eigenvalue weighted by Crippen LogP contribution is -2.34. The third kappa shape index (κ3) is 3.40. The first-order valence-corrected chi connectivity index (χ1v) is 6.63. The van der Waals surface area contributed by atoms with Crippen LogP contribution in [0.2, 0.25) is 0 Å². The number of anilines is 1. The van der Waals surface area contributed by atoms with E-state index in [1.807, 2.05) is 0 Å². The lowest BCUT2D eigenvalue weighted by Gasteiger charge is -2.21. The summed E-state index contributed by atoms with van der Waals surface area (Å²) in [5.74, 6) is 0. The quantitative estimate of drug-likeness (QED) is 0.605. The summed E-state index contributed by atoms with van der Waals surface area (Å²) in [7, 11) is -3.43. The lowest BCUT2D eigenvalue weighted by molar-refractivity contribution is -0.384. The molecule has 0 bridgehead atoms. The van der Waals surface area contributed by atoms with Crippen LogP contribution < -0.4 is 10.0 Å². The van der Waals surface area contributed by atoms with Crippen LogP contribution in [-0.2, 0) is 10.0 Å². The topological polar surface area (TPSA) is 107 Å². The average molecular weight is 259 g/mol. The van der Waals surface area contributed by atoms with E-state index in [1.54, 1.807) is 0 Å². The molecule has 1 aromatic rings. The van der Waals surface area contributed by atoms with Gasteiger partial charge in [0, 0.05) is 25.2 Å². The van der Waals surface area contributed by atoms with Crippen molar-refractivity contribution in [1.82, 2.24) is 0 Å². The van der Waals surface area contributed by atoms with Gasteiger partial charge in [-0.3, -0.25) is 14.4 Å². The molecule has 0 saturated carbocycles. The van der Waals surface area contributed by atoms with Gasteiger partial charge in [0.1, 0.15) is 0 Å². The molecule has 0 aliphatic carbocycles. The molecule has 0 radical (unpaired) electrons. The predicted octanol–water partition coefficient (Wildman–Crippen LogP) is 0.320. The second-order valence-corrected chi connectivity index (χ2v) is 5.30. The molecule has 0 heterocycles. The van der Waals surface area contributed by atoms with Gasteiger partial charge < -0.3 is 5.73 Å². The standard InChI is InChI=1S/C9H13N3O4S/c1-17(15,16)11(7-6-10)8-2-4-9(5-3-8)12(13)14/h2-5H,6-7,10H2,1H3. The Bertz CT molecular complexity index is 497. The summed E-state index contributed by atoms with van der Waals surface area (Å²) in [5, 5.41) is 10.5. The Labute approximate surface area is 99.0 Å². The van der Waals surface area contributed by atoms with Crippen molar-refractivity contribution >= 4 is 21.4 Å². The van der Waals surface area contributed by atoms with Crippen LogP contribution in [0.1, 0.15) is 0 Å². The first-order valence-electron chi connectivity index (χ1n) is 4.78. The van der Waals surface area contributed by atoms with E-state index in [-0.39, 0.29) is 18.8 Å². The van der Waals surface area contributed by atoms with Crippen molar-refractivity contribution in [2.45, 2.75) is 0 Å². The highest BCUT2D eigenvalue weighted by atomic mass is 32.2. The van der Waals surface area contributed by atoms with Gasteiger partial charge in [-0.25, -0.2) is 8.42 Å². The summed E-state index contributed by atoms with van der Waals surface area (Å²) >= 11 is 0. The molecule has 0 spiro atoms. The third-order valence-corrected chi connectivity index (χ3v) is 3.28. The van der Waals surface area contributed by atoms with E-state index in [2.05, 4.69) is 0 Å². The molecule has 0 aromatic heterocycles. The molecule has 94 valence electrons. The number of non-ortho nitro benzene ring substituents is 1. The molecule has 7 nitrogen and oxygen atoms in total. The van der Waals surface area contributed by atoms with Crippen LogP contribution in [0.5, 0.6) is 0 Å². The largest absolute Gasteiger partial charge is 0.329 e. The Balaban J connectivity index is 3.08. The molecule has 2 N–H and O–H groups in total. The van der Waals surface area contributed by atoms with Crippen molar-refractivity contribution in [3.8, 4) is 0 Å². The van der Waals surface area contributed by atoms with Gasteiger partial charge in [0.15, 0.2) is 0 Å². The molecule has 1 aromatic carbocycles. The van der Waals surface area contributed by atoms with Crippen molar-refractivity contribution in [2.24, 2.45) is 5.73 Å². The summed E-state index contributed by atoms with van der Waals surface area (Å²) in [5.41, 5.74) is 5.60. The highest BCUT2D eigenvalue weighted by Gasteiger charge is 2.17. The molecule has 0 unspecified atom stereocenters. The van der Waals surface area contributed by atoms with E-state index in [0.29, 0.717) is 5.69 Å². The molecule has 1 rings (SSSR count). The number of hydrogen-bond donors (Lipinski definition) is 1. The third-order valence-electron chi connectivity index (χ3n) is 2.08. The molecule has 0 fully saturated rings. The predicted molar refractivity (Wildman–Crippen MR) is 64.3 cm³/mol. The zero-order valence-corrected chi connectivity index (χ0v) is 10.1. The number of hydrogen-bond acceptors (Lipinski definition) is 5. The molecule has 0 atom stereocenters. The van der Waals surface area contributed by atoms with E-state index in [4.69, 9.17) is 5.73 Å². The fourth-order valence-corrected chi connectivity index (χ4v) is 2.29. The van der Waals surface area contributed by atoms with Crippen LogP contribution in [-0.4, -0.2) is 32.7 Å². The van der Waals surface area contributed by atoms with E-state index in [9.17, 15) is 18.5 Å². The van der Waals surface area contributed by atoms with Crippen molar-refractivity contribution < 1.29 is 13.3 Å². The van der Waals surface area contributed by atoms with E-state index in [1.165, 1.54) is 24.3 Å². The minimum absolute atomic E-state index is 0.0880. The monoisotopic (exact) mass is 259 g/mol. The number of sulfonamides is 1. The highest BCUT2D eigenvalue weighted by Crippen LogP contribution is 2.20. The van der Waals surface area contributed by atoms with Crippen molar-refractivity contribution in [3.63, 3.8) is 0 Å². The zero-order valence-electron chi connectivity index (χ0n) is 9.24. The average Bonchev–Trinajstić information content (AvgIpc) is 2.24. The SMILES string of the molecule is CS(=O)(=O)N(CCN)c1ccc([N+](=O)[O-])cc1. The second kappa shape index (κ2) is 5.11. The van der Waals surface area contributed by atoms with Gasteiger partial charge in [-0.2, -0.15) is 0 Å². The van der Waals surface area contributed by atoms with Gasteiger partial charge in [0.25, 0.3) is 5.69 Å².